The van der Waals surface area contributed by atoms with E-state index in [4.69, 9.17) is 0 Å². The molecule has 4 heteroatoms. The Morgan fingerprint density at radius 1 is 0.520 bits per heavy atom. The van der Waals surface area contributed by atoms with E-state index in [2.05, 4.69) is 105 Å². The number of hydrogen-bond donors (Lipinski definition) is 0. The minimum Gasteiger partial charge on any atom is -0.344 e. The molecule has 0 aromatic carbocycles. The first kappa shape index (κ1) is 17.0. The van der Waals surface area contributed by atoms with Crippen molar-refractivity contribution in [2.24, 2.45) is 0 Å². The maximum Gasteiger partial charge on any atom is 0.0409 e. The van der Waals surface area contributed by atoms with E-state index >= 15 is 0 Å². The molecule has 0 amide bonds. The molecule has 0 spiro atoms. The maximum atomic E-state index is 2.21. The molecule has 0 atom stereocenters. The zero-order valence-electron chi connectivity index (χ0n) is 14.2. The van der Waals surface area contributed by atoms with E-state index in [-0.39, 0.29) is 8.41 Å². The fourth-order valence-corrected chi connectivity index (χ4v) is 3.10. The molecule has 0 aliphatic carbocycles. The third-order valence-corrected chi connectivity index (χ3v) is 4.37. The van der Waals surface area contributed by atoms with Gasteiger partial charge >= 0.3 is 0 Å². The van der Waals surface area contributed by atoms with E-state index in [1.807, 2.05) is 0 Å². The quantitative estimate of drug-likeness (QED) is 0.551. The second-order valence-corrected chi connectivity index (χ2v) is 5.96. The Bertz CT molecular complexity index is 786. The third-order valence-electron chi connectivity index (χ3n) is 4.37. The second-order valence-electron chi connectivity index (χ2n) is 5.96. The van der Waals surface area contributed by atoms with Gasteiger partial charge in [0.1, 0.15) is 0 Å². The molecule has 3 nitrogen and oxygen atoms in total. The predicted molar refractivity (Wildman–Crippen MR) is 106 cm³/mol. The Morgan fingerprint density at radius 2 is 0.840 bits per heavy atom. The van der Waals surface area contributed by atoms with Gasteiger partial charge in [0.15, 0.2) is 0 Å². The first-order valence-electron chi connectivity index (χ1n) is 8.35. The molecule has 3 aliphatic rings. The molecule has 6 heterocycles. The van der Waals surface area contributed by atoms with Gasteiger partial charge in [-0.3, -0.25) is 0 Å². The molecule has 0 fully saturated rings. The molecule has 3 aromatic heterocycles. The van der Waals surface area contributed by atoms with E-state index in [9.17, 15) is 0 Å². The average molecular weight is 326 g/mol. The normalized spacial score (nSPS) is 13.9. The summed E-state index contributed by atoms with van der Waals surface area (Å²) in [5.74, 6) is 0. The Hall–Kier alpha value is -2.88. The van der Waals surface area contributed by atoms with Crippen LogP contribution >= 0.6 is 0 Å². The van der Waals surface area contributed by atoms with Crippen LogP contribution in [0.5, 0.6) is 0 Å². The van der Waals surface area contributed by atoms with Gasteiger partial charge in [0.2, 0.25) is 0 Å². The lowest BCUT2D eigenvalue weighted by Gasteiger charge is -1.90. The first-order valence-corrected chi connectivity index (χ1v) is 8.35. The number of rotatable bonds is 0. The molecule has 0 saturated carbocycles. The average Bonchev–Trinajstić information content (AvgIpc) is 3.33. The van der Waals surface area contributed by atoms with Crippen LogP contribution in [0, 0.1) is 0 Å². The van der Waals surface area contributed by atoms with Crippen molar-refractivity contribution in [1.82, 2.24) is 13.7 Å². The molecule has 25 heavy (non-hydrogen) atoms. The number of hydrogen-bond acceptors (Lipinski definition) is 0. The van der Waals surface area contributed by atoms with Crippen molar-refractivity contribution >= 4 is 26.6 Å². The van der Waals surface area contributed by atoms with Crippen molar-refractivity contribution in [1.29, 1.82) is 0 Å². The van der Waals surface area contributed by atoms with Gasteiger partial charge in [-0.2, -0.15) is 0 Å². The van der Waals surface area contributed by atoms with Crippen LogP contribution in [-0.2, 0) is 19.6 Å². The highest BCUT2D eigenvalue weighted by Crippen LogP contribution is 2.11. The number of aromatic nitrogens is 3. The second kappa shape index (κ2) is 7.80. The zero-order chi connectivity index (χ0) is 16.2. The van der Waals surface area contributed by atoms with Crippen molar-refractivity contribution in [3.63, 3.8) is 0 Å². The SMILES string of the molecule is C1=Cc2cccn2C1.C1=Cc2cccn2C1.C1=Cc2cccn2C1.[B]. The molecule has 3 aliphatic heterocycles. The summed E-state index contributed by atoms with van der Waals surface area (Å²) < 4.78 is 6.62. The van der Waals surface area contributed by atoms with Gasteiger partial charge in [-0.25, -0.2) is 0 Å². The summed E-state index contributed by atoms with van der Waals surface area (Å²) in [6.07, 6.45) is 19.2. The minimum atomic E-state index is 0. The number of allylic oxidation sites excluding steroid dienone is 3. The number of fused-ring (bicyclic) bond motifs is 3. The molecule has 0 N–H and O–H groups in total. The predicted octanol–water partition coefficient (Wildman–Crippen LogP) is 4.16. The molecule has 0 bridgehead atoms. The van der Waals surface area contributed by atoms with Crippen molar-refractivity contribution in [2.45, 2.75) is 19.6 Å². The molecular weight excluding hydrogens is 305 g/mol. The van der Waals surface area contributed by atoms with Gasteiger partial charge in [-0.1, -0.05) is 18.2 Å². The van der Waals surface area contributed by atoms with Crippen molar-refractivity contribution in [3.8, 4) is 0 Å². The van der Waals surface area contributed by atoms with Gasteiger partial charge in [-0.15, -0.1) is 0 Å². The van der Waals surface area contributed by atoms with E-state index in [0.29, 0.717) is 0 Å². The Balaban J connectivity index is 0.000000107. The summed E-state index contributed by atoms with van der Waals surface area (Å²) in [7, 11) is 0. The van der Waals surface area contributed by atoms with Crippen LogP contribution in [0.25, 0.3) is 18.2 Å². The summed E-state index contributed by atoms with van der Waals surface area (Å²) in [6, 6.07) is 12.5. The van der Waals surface area contributed by atoms with Gasteiger partial charge in [-0.05, 0) is 54.6 Å². The molecule has 0 saturated heterocycles. The molecule has 3 aromatic rings. The highest BCUT2D eigenvalue weighted by Gasteiger charge is 1.99. The Labute approximate surface area is 150 Å². The molecule has 123 valence electrons. The standard InChI is InChI=1S/3C7H7N.B/c3*1-3-7-4-2-6-8(7)5-1;/h3*1-5H,6H2;. The summed E-state index contributed by atoms with van der Waals surface area (Å²) in [6.45, 7) is 3.17. The largest absolute Gasteiger partial charge is 0.344 e. The molecule has 0 unspecified atom stereocenters. The lowest BCUT2D eigenvalue weighted by Crippen LogP contribution is -1.86. The van der Waals surface area contributed by atoms with Gasteiger partial charge in [0.05, 0.1) is 0 Å². The topological polar surface area (TPSA) is 14.8 Å². The highest BCUT2D eigenvalue weighted by atomic mass is 15.0. The van der Waals surface area contributed by atoms with Crippen LogP contribution in [0.3, 0.4) is 0 Å². The summed E-state index contributed by atoms with van der Waals surface area (Å²) in [5.41, 5.74) is 3.97. The van der Waals surface area contributed by atoms with Crippen molar-refractivity contribution in [2.75, 3.05) is 0 Å². The van der Waals surface area contributed by atoms with Crippen LogP contribution in [0.1, 0.15) is 17.1 Å². The van der Waals surface area contributed by atoms with Gasteiger partial charge in [0, 0.05) is 63.7 Å². The van der Waals surface area contributed by atoms with Crippen LogP contribution in [0.15, 0.2) is 73.2 Å². The Kier molecular flexibility index (Phi) is 5.29. The smallest absolute Gasteiger partial charge is 0.0409 e. The van der Waals surface area contributed by atoms with Crippen LogP contribution in [0.4, 0.5) is 0 Å². The van der Waals surface area contributed by atoms with E-state index in [1.54, 1.807) is 0 Å². The minimum absolute atomic E-state index is 0. The fourth-order valence-electron chi connectivity index (χ4n) is 3.10. The summed E-state index contributed by atoms with van der Waals surface area (Å²) in [4.78, 5) is 0. The van der Waals surface area contributed by atoms with Crippen LogP contribution < -0.4 is 0 Å². The first-order chi connectivity index (χ1) is 11.9. The lowest BCUT2D eigenvalue weighted by atomic mass is 10.4. The lowest BCUT2D eigenvalue weighted by molar-refractivity contribution is 0.847. The van der Waals surface area contributed by atoms with E-state index in [0.717, 1.165) is 19.6 Å². The summed E-state index contributed by atoms with van der Waals surface area (Å²) >= 11 is 0. The third kappa shape index (κ3) is 3.79. The van der Waals surface area contributed by atoms with E-state index < -0.39 is 0 Å². The highest BCUT2D eigenvalue weighted by molar-refractivity contribution is 5.75. The zero-order valence-corrected chi connectivity index (χ0v) is 14.2. The molecular formula is C21H21BN3. The van der Waals surface area contributed by atoms with Crippen LogP contribution in [0.2, 0.25) is 0 Å². The fraction of sp³-hybridized carbons (Fsp3) is 0.143. The van der Waals surface area contributed by atoms with Crippen LogP contribution in [-0.4, -0.2) is 22.1 Å². The monoisotopic (exact) mass is 326 g/mol. The number of nitrogens with zero attached hydrogens (tertiary/aromatic N) is 3. The van der Waals surface area contributed by atoms with E-state index in [1.165, 1.54) is 17.1 Å². The van der Waals surface area contributed by atoms with Crippen molar-refractivity contribution < 1.29 is 0 Å². The summed E-state index contributed by atoms with van der Waals surface area (Å²) in [5, 5.41) is 0. The van der Waals surface area contributed by atoms with Crippen molar-refractivity contribution in [3.05, 3.63) is 90.3 Å². The maximum absolute atomic E-state index is 2.21. The molecule has 3 radical (unpaired) electrons. The van der Waals surface area contributed by atoms with Gasteiger partial charge in [0.25, 0.3) is 0 Å². The van der Waals surface area contributed by atoms with Gasteiger partial charge < -0.3 is 13.7 Å². The Morgan fingerprint density at radius 3 is 1.12 bits per heavy atom. The molecule has 6 rings (SSSR count).